The van der Waals surface area contributed by atoms with Gasteiger partial charge in [0, 0.05) is 28.5 Å². The molecule has 2 aliphatic carbocycles. The molecular weight excluding hydrogens is 692 g/mol. The van der Waals surface area contributed by atoms with E-state index < -0.39 is 82.6 Å². The lowest BCUT2D eigenvalue weighted by Gasteiger charge is -2.24. The molecule has 0 bridgehead atoms. The highest BCUT2D eigenvalue weighted by molar-refractivity contribution is 5.78. The molecule has 0 fully saturated rings. The van der Waals surface area contributed by atoms with Crippen LogP contribution >= 0.6 is 0 Å². The number of aromatic amines is 1. The van der Waals surface area contributed by atoms with Gasteiger partial charge in [0.1, 0.15) is 46.8 Å². The van der Waals surface area contributed by atoms with Crippen molar-refractivity contribution in [3.63, 3.8) is 0 Å². The minimum atomic E-state index is -3.66. The van der Waals surface area contributed by atoms with Crippen LogP contribution in [0.25, 0.3) is 16.8 Å². The van der Waals surface area contributed by atoms with Crippen molar-refractivity contribution >= 4 is 11.6 Å². The molecule has 10 nitrogen and oxygen atoms in total. The number of aromatic nitrogens is 6. The monoisotopic (exact) mass is 719 g/mol. The third kappa shape index (κ3) is 6.09. The van der Waals surface area contributed by atoms with Crippen LogP contribution in [0.5, 0.6) is 0 Å². The van der Waals surface area contributed by atoms with Gasteiger partial charge in [0.25, 0.3) is 6.43 Å². The number of benzene rings is 1. The first-order valence-corrected chi connectivity index (χ1v) is 15.9. The van der Waals surface area contributed by atoms with Crippen molar-refractivity contribution in [3.8, 4) is 34.8 Å². The number of hydrogen-bond donors (Lipinski definition) is 3. The van der Waals surface area contributed by atoms with E-state index in [0.717, 1.165) is 12.1 Å². The van der Waals surface area contributed by atoms with Crippen molar-refractivity contribution < 1.29 is 36.2 Å². The molecule has 3 N–H and O–H groups in total. The van der Waals surface area contributed by atoms with Gasteiger partial charge in [0.05, 0.1) is 17.7 Å². The molecule has 266 valence electrons. The second-order valence-corrected chi connectivity index (χ2v) is 13.1. The fraction of sp³-hybridized carbons (Fsp3) is 0.306. The molecule has 3 unspecified atom stereocenters. The van der Waals surface area contributed by atoms with Gasteiger partial charge in [-0.2, -0.15) is 19.0 Å². The van der Waals surface area contributed by atoms with Gasteiger partial charge >= 0.3 is 11.6 Å². The molecule has 4 heterocycles. The van der Waals surface area contributed by atoms with E-state index in [-0.39, 0.29) is 23.4 Å². The second-order valence-electron chi connectivity index (χ2n) is 13.1. The molecule has 5 aromatic rings. The molecule has 0 aliphatic heterocycles. The Kier molecular flexibility index (Phi) is 8.26. The van der Waals surface area contributed by atoms with E-state index in [1.54, 1.807) is 25.1 Å². The van der Waals surface area contributed by atoms with Gasteiger partial charge in [0.15, 0.2) is 5.65 Å². The highest BCUT2D eigenvalue weighted by Gasteiger charge is 2.60. The quantitative estimate of drug-likeness (QED) is 0.155. The first kappa shape index (κ1) is 34.6. The van der Waals surface area contributed by atoms with Crippen LogP contribution in [0.1, 0.15) is 71.8 Å². The van der Waals surface area contributed by atoms with Crippen LogP contribution in [0.15, 0.2) is 47.3 Å². The van der Waals surface area contributed by atoms with E-state index in [1.807, 2.05) is 0 Å². The summed E-state index contributed by atoms with van der Waals surface area (Å²) in [7, 11) is 0. The molecule has 0 saturated heterocycles. The van der Waals surface area contributed by atoms with Crippen LogP contribution in [0.2, 0.25) is 0 Å². The maximum Gasteiger partial charge on any atom is 0.347 e. The second kappa shape index (κ2) is 12.4. The summed E-state index contributed by atoms with van der Waals surface area (Å²) >= 11 is 0. The first-order valence-electron chi connectivity index (χ1n) is 15.9. The number of aryl methyl sites for hydroxylation is 1. The van der Waals surface area contributed by atoms with Gasteiger partial charge in [-0.1, -0.05) is 17.8 Å². The molecule has 7 rings (SSSR count). The summed E-state index contributed by atoms with van der Waals surface area (Å²) in [6.07, 6.45) is -3.52. The highest BCUT2D eigenvalue weighted by atomic mass is 19.3. The Morgan fingerprint density at radius 3 is 2.46 bits per heavy atom. The largest absolute Gasteiger partial charge is 0.378 e. The number of fused-ring (bicyclic) bond motifs is 4. The number of alkyl halides is 4. The van der Waals surface area contributed by atoms with Crippen molar-refractivity contribution in [2.24, 2.45) is 5.92 Å². The molecule has 4 aromatic heterocycles. The number of nitrogens with zero attached hydrogens (tertiary/aromatic N) is 5. The Labute approximate surface area is 290 Å². The summed E-state index contributed by atoms with van der Waals surface area (Å²) in [4.78, 5) is 31.1. The Bertz CT molecular complexity index is 2450. The number of aliphatic hydroxyl groups is 1. The number of nitrogens with one attached hydrogen (secondary N) is 2. The zero-order valence-electron chi connectivity index (χ0n) is 27.5. The fourth-order valence-electron chi connectivity index (χ4n) is 6.60. The van der Waals surface area contributed by atoms with Gasteiger partial charge in [0.2, 0.25) is 5.91 Å². The fourth-order valence-corrected chi connectivity index (χ4v) is 6.60. The minimum Gasteiger partial charge on any atom is -0.378 e. The van der Waals surface area contributed by atoms with Gasteiger partial charge in [-0.3, -0.25) is 9.48 Å². The number of carbonyl (C=O) groups excluding carboxylic acids is 1. The van der Waals surface area contributed by atoms with Gasteiger partial charge in [-0.25, -0.2) is 36.8 Å². The lowest BCUT2D eigenvalue weighted by molar-refractivity contribution is -0.123. The zero-order chi connectivity index (χ0) is 37.3. The topological polar surface area (TPSA) is 130 Å². The van der Waals surface area contributed by atoms with Crippen LogP contribution in [-0.2, 0) is 23.7 Å². The summed E-state index contributed by atoms with van der Waals surface area (Å²) in [5.74, 6) is 1.09. The molecule has 0 spiro atoms. The molecular formula is C36H27F6N7O3. The number of halogens is 6. The molecule has 52 heavy (non-hydrogen) atoms. The van der Waals surface area contributed by atoms with Crippen molar-refractivity contribution in [2.45, 2.75) is 63.6 Å². The lowest BCUT2D eigenvalue weighted by Crippen LogP contribution is -2.36. The number of amides is 1. The summed E-state index contributed by atoms with van der Waals surface area (Å²) in [6, 6.07) is 7.78. The Balaban J connectivity index is 1.35. The van der Waals surface area contributed by atoms with E-state index in [9.17, 15) is 32.3 Å². The van der Waals surface area contributed by atoms with Crippen LogP contribution in [0.3, 0.4) is 0 Å². The Hall–Kier alpha value is -5.87. The average molecular weight is 720 g/mol. The third-order valence-electron chi connectivity index (χ3n) is 8.82. The van der Waals surface area contributed by atoms with Crippen LogP contribution in [0.4, 0.5) is 26.3 Å². The SMILES string of the molecule is Cc1c(-c2ccc(C#CC(C)(C)O)nc2C(Cc2cc(F)cc(F)c2)NC(=O)Cn2nc(C(F)F)c3c2C(F)(F)C2C#CC32)ccc2n[nH]c(=O)n12. The standard InChI is InChI=1S/C36H27F6N7O3/c1-17-22(7-9-27-45-46-34(51)49(17)27)23-5-4-21(10-11-35(2,3)52)43-30(23)26(14-18-12-19(37)15-20(38)13-18)44-28(50)16-48-32-29(31(47-48)33(39)40)24-6-8-25(24)36(32,41)42/h4-5,7,9,12-13,15,24-26,33,52H,14,16H2,1-3H3,(H,44,50)(H,46,51). The summed E-state index contributed by atoms with van der Waals surface area (Å²) < 4.78 is 89.5. The van der Waals surface area contributed by atoms with E-state index in [2.05, 4.69) is 49.3 Å². The summed E-state index contributed by atoms with van der Waals surface area (Å²) in [5, 5.41) is 22.9. The number of pyridine rings is 2. The number of H-pyrrole nitrogens is 1. The molecule has 3 atom stereocenters. The average Bonchev–Trinajstić information content (AvgIpc) is 3.63. The third-order valence-corrected chi connectivity index (χ3v) is 8.82. The molecule has 1 aromatic carbocycles. The smallest absolute Gasteiger partial charge is 0.347 e. The van der Waals surface area contributed by atoms with Crippen LogP contribution < -0.4 is 11.0 Å². The van der Waals surface area contributed by atoms with E-state index >= 15 is 8.78 Å². The zero-order valence-corrected chi connectivity index (χ0v) is 27.5. The molecule has 0 radical (unpaired) electrons. The Morgan fingerprint density at radius 2 is 1.81 bits per heavy atom. The van der Waals surface area contributed by atoms with E-state index in [4.69, 9.17) is 0 Å². The normalized spacial score (nSPS) is 17.4. The predicted molar refractivity (Wildman–Crippen MR) is 173 cm³/mol. The lowest BCUT2D eigenvalue weighted by atomic mass is 9.84. The van der Waals surface area contributed by atoms with Crippen molar-refractivity contribution in [3.05, 3.63) is 104 Å². The first-order chi connectivity index (χ1) is 24.5. The Morgan fingerprint density at radius 1 is 1.10 bits per heavy atom. The van der Waals surface area contributed by atoms with E-state index in [0.29, 0.717) is 33.2 Å². The minimum absolute atomic E-state index is 0.0713. The van der Waals surface area contributed by atoms with Crippen LogP contribution in [0, 0.1) is 48.2 Å². The van der Waals surface area contributed by atoms with Gasteiger partial charge in [-0.15, -0.1) is 0 Å². The van der Waals surface area contributed by atoms with Crippen molar-refractivity contribution in [2.75, 3.05) is 0 Å². The molecule has 1 amide bonds. The highest BCUT2D eigenvalue weighted by Crippen LogP contribution is 2.57. The molecule has 16 heteroatoms. The molecule has 0 saturated carbocycles. The predicted octanol–water partition coefficient (Wildman–Crippen LogP) is 4.85. The van der Waals surface area contributed by atoms with Crippen molar-refractivity contribution in [1.82, 2.24) is 34.7 Å². The maximum atomic E-state index is 15.4. The number of hydrogen-bond acceptors (Lipinski definition) is 6. The summed E-state index contributed by atoms with van der Waals surface area (Å²) in [6.45, 7) is 3.60. The van der Waals surface area contributed by atoms with E-state index in [1.165, 1.54) is 24.3 Å². The molecule has 2 aliphatic rings. The number of carbonyl (C=O) groups is 1. The van der Waals surface area contributed by atoms with Crippen LogP contribution in [-0.4, -0.2) is 46.0 Å². The number of rotatable bonds is 8. The van der Waals surface area contributed by atoms with Gasteiger partial charge < -0.3 is 10.4 Å². The summed E-state index contributed by atoms with van der Waals surface area (Å²) in [5.41, 5.74) is -2.34. The van der Waals surface area contributed by atoms with Crippen molar-refractivity contribution in [1.29, 1.82) is 0 Å². The maximum absolute atomic E-state index is 15.4. The van der Waals surface area contributed by atoms with Gasteiger partial charge in [-0.05, 0) is 75.1 Å².